The van der Waals surface area contributed by atoms with E-state index >= 15 is 0 Å². The SMILES string of the molecule is COc1cc([N+](=O)[O-])ccc1NS(=O)(=O)CC#N. The van der Waals surface area contributed by atoms with Gasteiger partial charge in [0.25, 0.3) is 5.69 Å². The summed E-state index contributed by atoms with van der Waals surface area (Å²) >= 11 is 0. The summed E-state index contributed by atoms with van der Waals surface area (Å²) in [5.74, 6) is -0.710. The normalized spacial score (nSPS) is 10.4. The van der Waals surface area contributed by atoms with Crippen LogP contribution in [0.1, 0.15) is 0 Å². The fourth-order valence-electron chi connectivity index (χ4n) is 1.17. The second kappa shape index (κ2) is 5.33. The van der Waals surface area contributed by atoms with Crippen molar-refractivity contribution < 1.29 is 18.1 Å². The lowest BCUT2D eigenvalue weighted by Crippen LogP contribution is -2.16. The van der Waals surface area contributed by atoms with Gasteiger partial charge in [0.1, 0.15) is 5.75 Å². The van der Waals surface area contributed by atoms with Gasteiger partial charge in [0.2, 0.25) is 10.0 Å². The molecule has 1 aromatic rings. The van der Waals surface area contributed by atoms with E-state index in [0.717, 1.165) is 12.1 Å². The number of hydrogen-bond acceptors (Lipinski definition) is 6. The number of benzene rings is 1. The molecule has 0 unspecified atom stereocenters. The van der Waals surface area contributed by atoms with Crippen LogP contribution < -0.4 is 9.46 Å². The summed E-state index contributed by atoms with van der Waals surface area (Å²) < 4.78 is 29.7. The molecule has 9 heteroatoms. The Labute approximate surface area is 103 Å². The number of nitriles is 1. The first-order valence-electron chi connectivity index (χ1n) is 4.59. The largest absolute Gasteiger partial charge is 0.494 e. The molecular weight excluding hydrogens is 262 g/mol. The number of ether oxygens (including phenoxy) is 1. The first kappa shape index (κ1) is 13.7. The first-order valence-corrected chi connectivity index (χ1v) is 6.24. The molecule has 0 aliphatic rings. The Hall–Kier alpha value is -2.34. The van der Waals surface area contributed by atoms with E-state index in [0.29, 0.717) is 0 Å². The number of methoxy groups -OCH3 is 1. The van der Waals surface area contributed by atoms with Gasteiger partial charge in [-0.05, 0) is 6.07 Å². The van der Waals surface area contributed by atoms with Crippen molar-refractivity contribution in [2.75, 3.05) is 17.6 Å². The maximum atomic E-state index is 11.4. The Morgan fingerprint density at radius 3 is 2.72 bits per heavy atom. The lowest BCUT2D eigenvalue weighted by molar-refractivity contribution is -0.384. The Kier molecular flexibility index (Phi) is 4.06. The highest BCUT2D eigenvalue weighted by Gasteiger charge is 2.16. The van der Waals surface area contributed by atoms with Gasteiger partial charge in [-0.2, -0.15) is 5.26 Å². The average Bonchev–Trinajstić information content (AvgIpc) is 2.28. The predicted octanol–water partition coefficient (Wildman–Crippen LogP) is 0.869. The van der Waals surface area contributed by atoms with Crippen LogP contribution in [0.3, 0.4) is 0 Å². The molecule has 1 rings (SSSR count). The van der Waals surface area contributed by atoms with Crippen LogP contribution in [-0.2, 0) is 10.0 Å². The number of anilines is 1. The van der Waals surface area contributed by atoms with Gasteiger partial charge in [-0.25, -0.2) is 8.42 Å². The molecule has 0 fully saturated rings. The molecule has 1 N–H and O–H groups in total. The summed E-state index contributed by atoms with van der Waals surface area (Å²) in [5.41, 5.74) is -0.187. The van der Waals surface area contributed by atoms with E-state index in [-0.39, 0.29) is 17.1 Å². The molecule has 0 atom stereocenters. The van der Waals surface area contributed by atoms with Gasteiger partial charge in [0, 0.05) is 6.07 Å². The summed E-state index contributed by atoms with van der Waals surface area (Å²) in [6, 6.07) is 4.92. The summed E-state index contributed by atoms with van der Waals surface area (Å²) in [6.45, 7) is 0. The summed E-state index contributed by atoms with van der Waals surface area (Å²) in [7, 11) is -2.56. The van der Waals surface area contributed by atoms with Gasteiger partial charge >= 0.3 is 0 Å². The van der Waals surface area contributed by atoms with Gasteiger partial charge in [-0.1, -0.05) is 0 Å². The topological polar surface area (TPSA) is 122 Å². The average molecular weight is 271 g/mol. The summed E-state index contributed by atoms with van der Waals surface area (Å²) in [6.07, 6.45) is 0. The van der Waals surface area contributed by atoms with Crippen LogP contribution in [0.25, 0.3) is 0 Å². The van der Waals surface area contributed by atoms with E-state index in [1.165, 1.54) is 19.2 Å². The van der Waals surface area contributed by atoms with E-state index in [9.17, 15) is 18.5 Å². The number of nitrogens with one attached hydrogen (secondary N) is 1. The van der Waals surface area contributed by atoms with Crippen molar-refractivity contribution in [2.24, 2.45) is 0 Å². The third kappa shape index (κ3) is 3.33. The molecule has 0 aliphatic heterocycles. The van der Waals surface area contributed by atoms with Crippen LogP contribution in [0.5, 0.6) is 5.75 Å². The third-order valence-corrected chi connectivity index (χ3v) is 2.96. The van der Waals surface area contributed by atoms with Crippen LogP contribution in [-0.4, -0.2) is 26.2 Å². The van der Waals surface area contributed by atoms with Gasteiger partial charge in [0.15, 0.2) is 5.75 Å². The molecule has 0 saturated heterocycles. The highest BCUT2D eigenvalue weighted by molar-refractivity contribution is 7.92. The van der Waals surface area contributed by atoms with Crippen LogP contribution >= 0.6 is 0 Å². The lowest BCUT2D eigenvalue weighted by atomic mass is 10.2. The number of sulfonamides is 1. The molecule has 0 heterocycles. The Morgan fingerprint density at radius 2 is 2.22 bits per heavy atom. The number of rotatable bonds is 5. The van der Waals surface area contributed by atoms with Crippen molar-refractivity contribution in [3.63, 3.8) is 0 Å². The summed E-state index contributed by atoms with van der Waals surface area (Å²) in [5, 5.41) is 18.9. The number of nitro benzene ring substituents is 1. The minimum atomic E-state index is -3.81. The zero-order valence-corrected chi connectivity index (χ0v) is 10.1. The van der Waals surface area contributed by atoms with E-state index in [2.05, 4.69) is 4.72 Å². The van der Waals surface area contributed by atoms with Crippen LogP contribution in [0, 0.1) is 21.4 Å². The maximum Gasteiger partial charge on any atom is 0.273 e. The Bertz CT molecular complexity index is 605. The van der Waals surface area contributed by atoms with Crippen LogP contribution in [0.15, 0.2) is 18.2 Å². The van der Waals surface area contributed by atoms with Crippen molar-refractivity contribution in [1.29, 1.82) is 5.26 Å². The smallest absolute Gasteiger partial charge is 0.273 e. The molecule has 8 nitrogen and oxygen atoms in total. The lowest BCUT2D eigenvalue weighted by Gasteiger charge is -2.09. The third-order valence-electron chi connectivity index (χ3n) is 1.92. The molecule has 96 valence electrons. The van der Waals surface area contributed by atoms with Gasteiger partial charge in [0.05, 0.1) is 29.9 Å². The second-order valence-electron chi connectivity index (χ2n) is 3.16. The standard InChI is InChI=1S/C9H9N3O5S/c1-17-9-6-7(12(13)14)2-3-8(9)11-18(15,16)5-4-10/h2-3,6,11H,5H2,1H3. The minimum Gasteiger partial charge on any atom is -0.494 e. The predicted molar refractivity (Wildman–Crippen MR) is 62.7 cm³/mol. The van der Waals surface area contributed by atoms with Crippen molar-refractivity contribution in [2.45, 2.75) is 0 Å². The fraction of sp³-hybridized carbons (Fsp3) is 0.222. The molecule has 18 heavy (non-hydrogen) atoms. The quantitative estimate of drug-likeness (QED) is 0.626. The molecule has 0 amide bonds. The maximum absolute atomic E-state index is 11.4. The molecule has 0 radical (unpaired) electrons. The van der Waals surface area contributed by atoms with E-state index in [4.69, 9.17) is 10.00 Å². The monoisotopic (exact) mass is 271 g/mol. The second-order valence-corrected chi connectivity index (χ2v) is 4.88. The van der Waals surface area contributed by atoms with Crippen molar-refractivity contribution in [3.8, 4) is 11.8 Å². The van der Waals surface area contributed by atoms with Crippen molar-refractivity contribution in [1.82, 2.24) is 0 Å². The molecule has 1 aromatic carbocycles. The van der Waals surface area contributed by atoms with Gasteiger partial charge < -0.3 is 4.74 Å². The number of nitrogens with zero attached hydrogens (tertiary/aromatic N) is 2. The van der Waals surface area contributed by atoms with Gasteiger partial charge in [-0.3, -0.25) is 14.8 Å². The molecule has 0 saturated carbocycles. The minimum absolute atomic E-state index is 0.00529. The van der Waals surface area contributed by atoms with E-state index in [1.807, 2.05) is 0 Å². The summed E-state index contributed by atoms with van der Waals surface area (Å²) in [4.78, 5) is 9.91. The molecule has 0 spiro atoms. The van der Waals surface area contributed by atoms with Crippen molar-refractivity contribution >= 4 is 21.4 Å². The zero-order valence-electron chi connectivity index (χ0n) is 9.28. The van der Waals surface area contributed by atoms with E-state index < -0.39 is 20.7 Å². The van der Waals surface area contributed by atoms with Gasteiger partial charge in [-0.15, -0.1) is 0 Å². The zero-order chi connectivity index (χ0) is 13.8. The molecule has 0 aromatic heterocycles. The highest BCUT2D eigenvalue weighted by atomic mass is 32.2. The first-order chi connectivity index (χ1) is 8.39. The number of nitro groups is 1. The fourth-order valence-corrected chi connectivity index (χ4v) is 1.91. The molecule has 0 bridgehead atoms. The van der Waals surface area contributed by atoms with E-state index in [1.54, 1.807) is 0 Å². The highest BCUT2D eigenvalue weighted by Crippen LogP contribution is 2.29. The molecule has 0 aliphatic carbocycles. The Morgan fingerprint density at radius 1 is 1.56 bits per heavy atom. The van der Waals surface area contributed by atoms with Crippen LogP contribution in [0.2, 0.25) is 0 Å². The van der Waals surface area contributed by atoms with Crippen molar-refractivity contribution in [3.05, 3.63) is 28.3 Å². The van der Waals surface area contributed by atoms with Crippen LogP contribution in [0.4, 0.5) is 11.4 Å². The Balaban J connectivity index is 3.12. The molecular formula is C9H9N3O5S. The number of hydrogen-bond donors (Lipinski definition) is 1. The number of non-ortho nitro benzene ring substituents is 1.